The van der Waals surface area contributed by atoms with Crippen LogP contribution < -0.4 is 5.32 Å². The van der Waals surface area contributed by atoms with Gasteiger partial charge in [0, 0.05) is 20.1 Å². The third-order valence-electron chi connectivity index (χ3n) is 2.39. The van der Waals surface area contributed by atoms with Crippen molar-refractivity contribution in [2.75, 3.05) is 13.1 Å². The molecule has 0 amide bonds. The number of aromatic nitrogens is 2. The lowest BCUT2D eigenvalue weighted by atomic mass is 10.1. The summed E-state index contributed by atoms with van der Waals surface area (Å²) in [4.78, 5) is 0. The molecule has 1 aliphatic heterocycles. The van der Waals surface area contributed by atoms with E-state index in [0.29, 0.717) is 6.54 Å². The van der Waals surface area contributed by atoms with Gasteiger partial charge in [-0.3, -0.25) is 4.68 Å². The van der Waals surface area contributed by atoms with Crippen molar-refractivity contribution in [2.45, 2.75) is 13.0 Å². The van der Waals surface area contributed by atoms with Crippen LogP contribution in [0.25, 0.3) is 5.57 Å². The van der Waals surface area contributed by atoms with Crippen LogP contribution in [0, 0.1) is 6.92 Å². The number of hydrogen-bond acceptors (Lipinski definition) is 3. The van der Waals surface area contributed by atoms with E-state index in [1.165, 1.54) is 0 Å². The van der Waals surface area contributed by atoms with Crippen molar-refractivity contribution >= 4 is 5.57 Å². The van der Waals surface area contributed by atoms with Crippen molar-refractivity contribution in [3.63, 3.8) is 0 Å². The van der Waals surface area contributed by atoms with Crippen LogP contribution in [0.1, 0.15) is 11.4 Å². The molecule has 4 nitrogen and oxygen atoms in total. The molecule has 76 valence electrons. The molecule has 1 aromatic heterocycles. The summed E-state index contributed by atoms with van der Waals surface area (Å²) in [5, 5.41) is 16.9. The van der Waals surface area contributed by atoms with Crippen LogP contribution >= 0.6 is 0 Å². The summed E-state index contributed by atoms with van der Waals surface area (Å²) in [6.45, 7) is 3.41. The Balaban J connectivity index is 2.34. The highest BCUT2D eigenvalue weighted by atomic mass is 16.3. The van der Waals surface area contributed by atoms with Crippen molar-refractivity contribution < 1.29 is 5.11 Å². The van der Waals surface area contributed by atoms with E-state index in [1.807, 2.05) is 30.8 Å². The molecule has 1 aliphatic rings. The number of aliphatic hydroxyl groups excluding tert-OH is 1. The Hall–Kier alpha value is -1.13. The van der Waals surface area contributed by atoms with Gasteiger partial charge in [0.1, 0.15) is 0 Å². The second-order valence-corrected chi connectivity index (χ2v) is 3.68. The molecule has 1 atom stereocenters. The summed E-state index contributed by atoms with van der Waals surface area (Å²) < 4.78 is 1.85. The number of hydrogen-bond donors (Lipinski definition) is 2. The maximum absolute atomic E-state index is 9.47. The minimum absolute atomic E-state index is 0.381. The van der Waals surface area contributed by atoms with Crippen LogP contribution in [0.4, 0.5) is 0 Å². The minimum Gasteiger partial charge on any atom is -0.388 e. The van der Waals surface area contributed by atoms with Crippen molar-refractivity contribution in [3.8, 4) is 0 Å². The molecular formula is C10H15N3O. The van der Waals surface area contributed by atoms with Crippen molar-refractivity contribution in [2.24, 2.45) is 7.05 Å². The summed E-state index contributed by atoms with van der Waals surface area (Å²) >= 11 is 0. The number of aryl methyl sites for hydroxylation is 2. The number of rotatable bonds is 1. The van der Waals surface area contributed by atoms with Gasteiger partial charge in [-0.25, -0.2) is 0 Å². The quantitative estimate of drug-likeness (QED) is 0.664. The summed E-state index contributed by atoms with van der Waals surface area (Å²) in [5.74, 6) is 0. The Kier molecular flexibility index (Phi) is 2.39. The fourth-order valence-corrected chi connectivity index (χ4v) is 1.79. The molecule has 2 rings (SSSR count). The van der Waals surface area contributed by atoms with Gasteiger partial charge in [0.05, 0.1) is 17.5 Å². The molecule has 4 heteroatoms. The van der Waals surface area contributed by atoms with Crippen molar-refractivity contribution in [1.82, 2.24) is 15.1 Å². The van der Waals surface area contributed by atoms with E-state index in [9.17, 15) is 5.11 Å². The third kappa shape index (κ3) is 1.71. The zero-order chi connectivity index (χ0) is 10.1. The van der Waals surface area contributed by atoms with Crippen LogP contribution in [-0.4, -0.2) is 34.1 Å². The van der Waals surface area contributed by atoms with E-state index in [-0.39, 0.29) is 6.10 Å². The molecule has 2 heterocycles. The molecule has 0 bridgehead atoms. The largest absolute Gasteiger partial charge is 0.388 e. The van der Waals surface area contributed by atoms with Crippen molar-refractivity contribution in [1.29, 1.82) is 0 Å². The molecule has 0 aliphatic carbocycles. The van der Waals surface area contributed by atoms with E-state index >= 15 is 0 Å². The second-order valence-electron chi connectivity index (χ2n) is 3.68. The lowest BCUT2D eigenvalue weighted by molar-refractivity contribution is 0.217. The van der Waals surface area contributed by atoms with E-state index in [1.54, 1.807) is 0 Å². The predicted octanol–water partition coefficient (Wildman–Crippen LogP) is 0.0760. The lowest BCUT2D eigenvalue weighted by Gasteiger charge is -2.18. The molecule has 0 saturated heterocycles. The predicted molar refractivity (Wildman–Crippen MR) is 54.8 cm³/mol. The summed E-state index contributed by atoms with van der Waals surface area (Å²) in [7, 11) is 1.92. The summed E-state index contributed by atoms with van der Waals surface area (Å²) in [5.41, 5.74) is 3.20. The molecule has 0 saturated carbocycles. The van der Waals surface area contributed by atoms with Gasteiger partial charge in [-0.1, -0.05) is 0 Å². The zero-order valence-corrected chi connectivity index (χ0v) is 8.49. The standard InChI is InChI=1S/C10H15N3O/c1-7-3-10(13(2)12-7)8-4-9(14)6-11-5-8/h3-4,9,11,14H,5-6H2,1-2H3. The van der Waals surface area contributed by atoms with Gasteiger partial charge in [0.25, 0.3) is 0 Å². The Morgan fingerprint density at radius 1 is 1.64 bits per heavy atom. The number of aliphatic hydroxyl groups is 1. The maximum atomic E-state index is 9.47. The second kappa shape index (κ2) is 3.55. The van der Waals surface area contributed by atoms with E-state index < -0.39 is 0 Å². The fourth-order valence-electron chi connectivity index (χ4n) is 1.79. The van der Waals surface area contributed by atoms with Gasteiger partial charge in [0.15, 0.2) is 0 Å². The molecule has 1 aromatic rings. The Morgan fingerprint density at radius 3 is 3.00 bits per heavy atom. The molecule has 2 N–H and O–H groups in total. The highest BCUT2D eigenvalue weighted by Gasteiger charge is 2.14. The lowest BCUT2D eigenvalue weighted by Crippen LogP contribution is -2.32. The normalized spacial score (nSPS) is 22.2. The molecule has 0 aromatic carbocycles. The third-order valence-corrected chi connectivity index (χ3v) is 2.39. The van der Waals surface area contributed by atoms with Crippen LogP contribution in [0.3, 0.4) is 0 Å². The average Bonchev–Trinajstić information content (AvgIpc) is 2.45. The number of nitrogens with one attached hydrogen (secondary N) is 1. The Labute approximate surface area is 83.2 Å². The van der Waals surface area contributed by atoms with E-state index in [0.717, 1.165) is 23.5 Å². The maximum Gasteiger partial charge on any atom is 0.0852 e. The molecule has 1 unspecified atom stereocenters. The first-order valence-corrected chi connectivity index (χ1v) is 4.77. The highest BCUT2D eigenvalue weighted by molar-refractivity contribution is 5.66. The monoisotopic (exact) mass is 193 g/mol. The summed E-state index contributed by atoms with van der Waals surface area (Å²) in [6, 6.07) is 2.03. The van der Waals surface area contributed by atoms with Crippen LogP contribution in [-0.2, 0) is 7.05 Å². The first kappa shape index (κ1) is 9.43. The van der Waals surface area contributed by atoms with Gasteiger partial charge >= 0.3 is 0 Å². The molecule has 0 fully saturated rings. The number of β-amino-alcohol motifs (C(OH)–C–C–N with tert-alkyl or cyclic N) is 1. The van der Waals surface area contributed by atoms with Crippen LogP contribution in [0.15, 0.2) is 12.1 Å². The van der Waals surface area contributed by atoms with Gasteiger partial charge in [-0.05, 0) is 24.6 Å². The number of nitrogens with zero attached hydrogens (tertiary/aromatic N) is 2. The summed E-state index contributed by atoms with van der Waals surface area (Å²) in [6.07, 6.45) is 1.52. The molecule has 14 heavy (non-hydrogen) atoms. The van der Waals surface area contributed by atoms with Gasteiger partial charge < -0.3 is 10.4 Å². The Morgan fingerprint density at radius 2 is 2.43 bits per heavy atom. The van der Waals surface area contributed by atoms with E-state index in [4.69, 9.17) is 0 Å². The first-order valence-electron chi connectivity index (χ1n) is 4.77. The van der Waals surface area contributed by atoms with Gasteiger partial charge in [0.2, 0.25) is 0 Å². The SMILES string of the molecule is Cc1cc(C2=CC(O)CNC2)n(C)n1. The van der Waals surface area contributed by atoms with Crippen LogP contribution in [0.2, 0.25) is 0 Å². The Bertz CT molecular complexity index is 367. The van der Waals surface area contributed by atoms with Crippen molar-refractivity contribution in [3.05, 3.63) is 23.5 Å². The van der Waals surface area contributed by atoms with Gasteiger partial charge in [-0.15, -0.1) is 0 Å². The van der Waals surface area contributed by atoms with Crippen LogP contribution in [0.5, 0.6) is 0 Å². The average molecular weight is 193 g/mol. The first-order chi connectivity index (χ1) is 6.66. The molecule has 0 spiro atoms. The molecule has 0 radical (unpaired) electrons. The fraction of sp³-hybridized carbons (Fsp3) is 0.500. The highest BCUT2D eigenvalue weighted by Crippen LogP contribution is 2.17. The topological polar surface area (TPSA) is 50.1 Å². The zero-order valence-electron chi connectivity index (χ0n) is 8.49. The van der Waals surface area contributed by atoms with Gasteiger partial charge in [-0.2, -0.15) is 5.10 Å². The minimum atomic E-state index is -0.381. The van der Waals surface area contributed by atoms with E-state index in [2.05, 4.69) is 10.4 Å². The smallest absolute Gasteiger partial charge is 0.0852 e. The molecular weight excluding hydrogens is 178 g/mol.